The molecule has 1 aliphatic heterocycles. The third-order valence-corrected chi connectivity index (χ3v) is 3.71. The molecular weight excluding hydrogens is 222 g/mol. The molecule has 0 aliphatic carbocycles. The van der Waals surface area contributed by atoms with Crippen LogP contribution < -0.4 is 0 Å². The van der Waals surface area contributed by atoms with Gasteiger partial charge in [-0.3, -0.25) is 4.90 Å². The van der Waals surface area contributed by atoms with Crippen LogP contribution in [0.25, 0.3) is 0 Å². The fourth-order valence-electron chi connectivity index (χ4n) is 2.81. The van der Waals surface area contributed by atoms with Crippen molar-refractivity contribution in [2.45, 2.75) is 12.5 Å². The van der Waals surface area contributed by atoms with E-state index in [-0.39, 0.29) is 0 Å². The van der Waals surface area contributed by atoms with Gasteiger partial charge in [0.1, 0.15) is 5.75 Å². The minimum absolute atomic E-state index is 0.301. The van der Waals surface area contributed by atoms with E-state index in [9.17, 15) is 5.11 Å². The molecule has 0 aromatic heterocycles. The standard InChI is InChI=1S/C16H17NO/c1-17-10-9-13-11-14(18)7-8-15(13)16(17)12-5-3-2-4-6-12/h2-8,11,16,18H,9-10H2,1H3/t16-/m0/s1. The van der Waals surface area contributed by atoms with Crippen LogP contribution >= 0.6 is 0 Å². The third kappa shape index (κ3) is 1.89. The van der Waals surface area contributed by atoms with Crippen LogP contribution in [-0.4, -0.2) is 23.6 Å². The Morgan fingerprint density at radius 2 is 1.89 bits per heavy atom. The van der Waals surface area contributed by atoms with Gasteiger partial charge in [0.2, 0.25) is 0 Å². The molecule has 3 rings (SSSR count). The lowest BCUT2D eigenvalue weighted by Gasteiger charge is -2.35. The van der Waals surface area contributed by atoms with Gasteiger partial charge in [0.15, 0.2) is 0 Å². The first-order valence-electron chi connectivity index (χ1n) is 6.32. The number of nitrogens with zero attached hydrogens (tertiary/aromatic N) is 1. The first-order chi connectivity index (χ1) is 8.75. The summed E-state index contributed by atoms with van der Waals surface area (Å²) >= 11 is 0. The summed E-state index contributed by atoms with van der Waals surface area (Å²) in [5, 5.41) is 9.60. The largest absolute Gasteiger partial charge is 0.508 e. The minimum Gasteiger partial charge on any atom is -0.508 e. The molecule has 2 aromatic carbocycles. The van der Waals surface area contributed by atoms with Crippen LogP contribution in [0.15, 0.2) is 48.5 Å². The molecule has 1 atom stereocenters. The lowest BCUT2D eigenvalue weighted by molar-refractivity contribution is 0.264. The normalized spacial score (nSPS) is 19.5. The van der Waals surface area contributed by atoms with Gasteiger partial charge in [0.25, 0.3) is 0 Å². The van der Waals surface area contributed by atoms with Gasteiger partial charge in [-0.25, -0.2) is 0 Å². The lowest BCUT2D eigenvalue weighted by atomic mass is 9.88. The Labute approximate surface area is 107 Å². The second-order valence-corrected chi connectivity index (χ2v) is 4.93. The van der Waals surface area contributed by atoms with E-state index in [0.29, 0.717) is 11.8 Å². The quantitative estimate of drug-likeness (QED) is 0.827. The Hall–Kier alpha value is -1.80. The molecule has 0 bridgehead atoms. The number of fused-ring (bicyclic) bond motifs is 1. The Balaban J connectivity index is 2.10. The molecule has 0 spiro atoms. The number of phenols is 1. The molecule has 2 nitrogen and oxygen atoms in total. The molecule has 2 heteroatoms. The average molecular weight is 239 g/mol. The van der Waals surface area contributed by atoms with Gasteiger partial charge in [-0.1, -0.05) is 36.4 Å². The van der Waals surface area contributed by atoms with Gasteiger partial charge in [-0.2, -0.15) is 0 Å². The van der Waals surface area contributed by atoms with Gasteiger partial charge in [-0.15, -0.1) is 0 Å². The Bertz CT molecular complexity index is 550. The molecule has 1 aliphatic rings. The zero-order valence-corrected chi connectivity index (χ0v) is 10.5. The summed E-state index contributed by atoms with van der Waals surface area (Å²) in [7, 11) is 2.16. The molecule has 0 fully saturated rings. The molecule has 18 heavy (non-hydrogen) atoms. The number of likely N-dealkylation sites (N-methyl/N-ethyl adjacent to an activating group) is 1. The first kappa shape index (κ1) is 11.3. The molecule has 2 aromatic rings. The maximum absolute atomic E-state index is 9.60. The summed E-state index contributed by atoms with van der Waals surface area (Å²) in [6, 6.07) is 16.6. The second-order valence-electron chi connectivity index (χ2n) is 4.93. The highest BCUT2D eigenvalue weighted by molar-refractivity contribution is 5.43. The van der Waals surface area contributed by atoms with E-state index < -0.39 is 0 Å². The van der Waals surface area contributed by atoms with E-state index in [2.05, 4.69) is 42.3 Å². The number of hydrogen-bond donors (Lipinski definition) is 1. The van der Waals surface area contributed by atoms with E-state index in [4.69, 9.17) is 0 Å². The first-order valence-corrected chi connectivity index (χ1v) is 6.32. The lowest BCUT2D eigenvalue weighted by Crippen LogP contribution is -2.32. The zero-order chi connectivity index (χ0) is 12.5. The molecule has 0 saturated carbocycles. The van der Waals surface area contributed by atoms with Crippen molar-refractivity contribution in [3.05, 3.63) is 65.2 Å². The predicted molar refractivity (Wildman–Crippen MR) is 72.7 cm³/mol. The molecule has 92 valence electrons. The summed E-state index contributed by atoms with van der Waals surface area (Å²) in [6.45, 7) is 1.02. The minimum atomic E-state index is 0.301. The van der Waals surface area contributed by atoms with Crippen molar-refractivity contribution in [1.29, 1.82) is 0 Å². The smallest absolute Gasteiger partial charge is 0.115 e. The summed E-state index contributed by atoms with van der Waals surface area (Å²) in [6.07, 6.45) is 1.00. The number of rotatable bonds is 1. The van der Waals surface area contributed by atoms with Crippen LogP contribution in [0.2, 0.25) is 0 Å². The highest BCUT2D eigenvalue weighted by atomic mass is 16.3. The van der Waals surface area contributed by atoms with Gasteiger partial charge >= 0.3 is 0 Å². The summed E-state index contributed by atoms with van der Waals surface area (Å²) in [5.41, 5.74) is 3.89. The maximum Gasteiger partial charge on any atom is 0.115 e. The van der Waals surface area contributed by atoms with Crippen LogP contribution in [0.3, 0.4) is 0 Å². The van der Waals surface area contributed by atoms with Gasteiger partial charge in [-0.05, 0) is 42.3 Å². The van der Waals surface area contributed by atoms with Gasteiger partial charge in [0.05, 0.1) is 6.04 Å². The van der Waals surface area contributed by atoms with Gasteiger partial charge < -0.3 is 5.11 Å². The third-order valence-electron chi connectivity index (χ3n) is 3.71. The number of phenolic OH excluding ortho intramolecular Hbond substituents is 1. The summed E-state index contributed by atoms with van der Waals surface area (Å²) < 4.78 is 0. The topological polar surface area (TPSA) is 23.5 Å². The fourth-order valence-corrected chi connectivity index (χ4v) is 2.81. The monoisotopic (exact) mass is 239 g/mol. The Kier molecular flexibility index (Phi) is 2.80. The maximum atomic E-state index is 9.60. The average Bonchev–Trinajstić information content (AvgIpc) is 2.40. The summed E-state index contributed by atoms with van der Waals surface area (Å²) in [4.78, 5) is 2.37. The van der Waals surface area contributed by atoms with E-state index in [1.807, 2.05) is 12.1 Å². The van der Waals surface area contributed by atoms with Crippen LogP contribution in [0.1, 0.15) is 22.7 Å². The molecule has 0 saturated heterocycles. The van der Waals surface area contributed by atoms with Crippen molar-refractivity contribution >= 4 is 0 Å². The van der Waals surface area contributed by atoms with Crippen LogP contribution in [0, 0.1) is 0 Å². The highest BCUT2D eigenvalue weighted by Crippen LogP contribution is 2.35. The Morgan fingerprint density at radius 3 is 2.67 bits per heavy atom. The van der Waals surface area contributed by atoms with E-state index in [0.717, 1.165) is 13.0 Å². The molecule has 0 amide bonds. The van der Waals surface area contributed by atoms with Crippen LogP contribution in [0.4, 0.5) is 0 Å². The van der Waals surface area contributed by atoms with E-state index >= 15 is 0 Å². The molecular formula is C16H17NO. The number of aromatic hydroxyl groups is 1. The van der Waals surface area contributed by atoms with Crippen molar-refractivity contribution in [1.82, 2.24) is 4.90 Å². The van der Waals surface area contributed by atoms with E-state index in [1.54, 1.807) is 6.07 Å². The fraction of sp³-hybridized carbons (Fsp3) is 0.250. The van der Waals surface area contributed by atoms with Crippen molar-refractivity contribution in [3.8, 4) is 5.75 Å². The highest BCUT2D eigenvalue weighted by Gasteiger charge is 2.25. The molecule has 1 heterocycles. The zero-order valence-electron chi connectivity index (χ0n) is 10.5. The molecule has 1 N–H and O–H groups in total. The van der Waals surface area contributed by atoms with Gasteiger partial charge in [0, 0.05) is 6.54 Å². The van der Waals surface area contributed by atoms with Crippen molar-refractivity contribution < 1.29 is 5.11 Å². The van der Waals surface area contributed by atoms with Crippen molar-refractivity contribution in [3.63, 3.8) is 0 Å². The predicted octanol–water partition coefficient (Wildman–Crippen LogP) is 2.97. The van der Waals surface area contributed by atoms with Crippen molar-refractivity contribution in [2.24, 2.45) is 0 Å². The Morgan fingerprint density at radius 1 is 1.11 bits per heavy atom. The van der Waals surface area contributed by atoms with Crippen LogP contribution in [0.5, 0.6) is 5.75 Å². The second kappa shape index (κ2) is 4.46. The molecule has 0 radical (unpaired) electrons. The summed E-state index contributed by atoms with van der Waals surface area (Å²) in [5.74, 6) is 0.366. The van der Waals surface area contributed by atoms with E-state index in [1.165, 1.54) is 16.7 Å². The van der Waals surface area contributed by atoms with Crippen molar-refractivity contribution in [2.75, 3.05) is 13.6 Å². The molecule has 0 unspecified atom stereocenters. The number of benzene rings is 2. The SMILES string of the molecule is CN1CCc2cc(O)ccc2[C@@H]1c1ccccc1. The number of hydrogen-bond acceptors (Lipinski definition) is 2. The van der Waals surface area contributed by atoms with Crippen LogP contribution in [-0.2, 0) is 6.42 Å².